The summed E-state index contributed by atoms with van der Waals surface area (Å²) in [5.41, 5.74) is 1.64. The summed E-state index contributed by atoms with van der Waals surface area (Å²) >= 11 is 0. The maximum absolute atomic E-state index is 14.0. The average Bonchev–Trinajstić information content (AvgIpc) is 3.39. The molecule has 6 heteroatoms. The van der Waals surface area contributed by atoms with Gasteiger partial charge >= 0.3 is 0 Å². The van der Waals surface area contributed by atoms with Crippen LogP contribution in [-0.2, 0) is 11.3 Å². The number of hydrogen-bond acceptors (Lipinski definition) is 4. The van der Waals surface area contributed by atoms with Crippen molar-refractivity contribution in [2.45, 2.75) is 52.2 Å². The molecule has 3 heterocycles. The molecular formula is C25H33FN2O3. The average molecular weight is 429 g/mol. The molecule has 0 spiro atoms. The molecule has 2 aliphatic heterocycles. The summed E-state index contributed by atoms with van der Waals surface area (Å²) in [5.74, 6) is 1.47. The molecular weight excluding hydrogens is 395 g/mol. The van der Waals surface area contributed by atoms with Gasteiger partial charge in [-0.2, -0.15) is 0 Å². The van der Waals surface area contributed by atoms with Crippen molar-refractivity contribution in [2.24, 2.45) is 5.92 Å². The van der Waals surface area contributed by atoms with E-state index >= 15 is 0 Å². The van der Waals surface area contributed by atoms with Crippen LogP contribution >= 0.6 is 0 Å². The lowest BCUT2D eigenvalue weighted by atomic mass is 9.95. The molecule has 1 aromatic heterocycles. The number of rotatable bonds is 7. The maximum atomic E-state index is 14.0. The van der Waals surface area contributed by atoms with Crippen molar-refractivity contribution in [1.82, 2.24) is 9.80 Å². The van der Waals surface area contributed by atoms with E-state index in [9.17, 15) is 9.18 Å². The zero-order valence-electron chi connectivity index (χ0n) is 18.6. The second-order valence-corrected chi connectivity index (χ2v) is 9.03. The van der Waals surface area contributed by atoms with E-state index in [1.54, 1.807) is 6.07 Å². The summed E-state index contributed by atoms with van der Waals surface area (Å²) in [6.45, 7) is 8.39. The SMILES string of the molecule is Cc1cc(C)c(C(=O)N(CC2CCN(Cc3ccccc3F)CC2)C[C@H]2CCCO2)o1. The minimum absolute atomic E-state index is 0.0325. The molecule has 0 saturated carbocycles. The lowest BCUT2D eigenvalue weighted by molar-refractivity contribution is 0.0421. The first-order chi connectivity index (χ1) is 15.0. The molecule has 0 unspecified atom stereocenters. The van der Waals surface area contributed by atoms with Crippen molar-refractivity contribution in [3.05, 3.63) is 58.8 Å². The van der Waals surface area contributed by atoms with Gasteiger partial charge in [0.2, 0.25) is 0 Å². The summed E-state index contributed by atoms with van der Waals surface area (Å²) in [7, 11) is 0. The molecule has 2 aromatic rings. The Balaban J connectivity index is 1.37. The Bertz CT molecular complexity index is 883. The van der Waals surface area contributed by atoms with E-state index in [-0.39, 0.29) is 17.8 Å². The monoisotopic (exact) mass is 428 g/mol. The van der Waals surface area contributed by atoms with Crippen molar-refractivity contribution in [1.29, 1.82) is 0 Å². The number of nitrogens with zero attached hydrogens (tertiary/aromatic N) is 2. The Labute approximate surface area is 184 Å². The number of furan rings is 1. The number of aryl methyl sites for hydroxylation is 2. The molecule has 1 atom stereocenters. The Kier molecular flexibility index (Phi) is 7.08. The predicted octanol–water partition coefficient (Wildman–Crippen LogP) is 4.57. The van der Waals surface area contributed by atoms with Gasteiger partial charge < -0.3 is 14.1 Å². The van der Waals surface area contributed by atoms with Gasteiger partial charge in [0.1, 0.15) is 11.6 Å². The maximum Gasteiger partial charge on any atom is 0.289 e. The summed E-state index contributed by atoms with van der Waals surface area (Å²) in [6.07, 6.45) is 4.17. The van der Waals surface area contributed by atoms with Crippen LogP contribution in [0.4, 0.5) is 4.39 Å². The normalized spacial score (nSPS) is 20.3. The van der Waals surface area contributed by atoms with E-state index in [0.29, 0.717) is 31.3 Å². The smallest absolute Gasteiger partial charge is 0.289 e. The molecule has 0 N–H and O–H groups in total. The Morgan fingerprint density at radius 1 is 1.16 bits per heavy atom. The van der Waals surface area contributed by atoms with Crippen LogP contribution in [0.5, 0.6) is 0 Å². The van der Waals surface area contributed by atoms with Gasteiger partial charge in [-0.15, -0.1) is 0 Å². The molecule has 168 valence electrons. The minimum Gasteiger partial charge on any atom is -0.456 e. The van der Waals surface area contributed by atoms with Gasteiger partial charge in [0.15, 0.2) is 5.76 Å². The molecule has 5 nitrogen and oxygen atoms in total. The van der Waals surface area contributed by atoms with Gasteiger partial charge in [0.25, 0.3) is 5.91 Å². The van der Waals surface area contributed by atoms with Gasteiger partial charge in [-0.25, -0.2) is 4.39 Å². The van der Waals surface area contributed by atoms with Gasteiger partial charge in [0, 0.05) is 37.4 Å². The first-order valence-corrected chi connectivity index (χ1v) is 11.4. The molecule has 2 saturated heterocycles. The van der Waals surface area contributed by atoms with Crippen molar-refractivity contribution >= 4 is 5.91 Å². The van der Waals surface area contributed by atoms with E-state index in [0.717, 1.165) is 62.3 Å². The Morgan fingerprint density at radius 3 is 2.58 bits per heavy atom. The summed E-state index contributed by atoms with van der Waals surface area (Å²) in [6, 6.07) is 8.91. The zero-order valence-corrected chi connectivity index (χ0v) is 18.6. The van der Waals surface area contributed by atoms with Crippen LogP contribution in [0.3, 0.4) is 0 Å². The third-order valence-electron chi connectivity index (χ3n) is 6.51. The van der Waals surface area contributed by atoms with Crippen molar-refractivity contribution in [2.75, 3.05) is 32.8 Å². The number of halogens is 1. The first-order valence-electron chi connectivity index (χ1n) is 11.4. The summed E-state index contributed by atoms with van der Waals surface area (Å²) < 4.78 is 25.5. The highest BCUT2D eigenvalue weighted by Crippen LogP contribution is 2.24. The molecule has 2 aliphatic rings. The lowest BCUT2D eigenvalue weighted by Crippen LogP contribution is -2.43. The fourth-order valence-electron chi connectivity index (χ4n) is 4.78. The number of amides is 1. The third-order valence-corrected chi connectivity index (χ3v) is 6.51. The van der Waals surface area contributed by atoms with Crippen LogP contribution in [0.15, 0.2) is 34.7 Å². The molecule has 2 fully saturated rings. The fraction of sp³-hybridized carbons (Fsp3) is 0.560. The zero-order chi connectivity index (χ0) is 21.8. The summed E-state index contributed by atoms with van der Waals surface area (Å²) in [4.78, 5) is 17.6. The van der Waals surface area contributed by atoms with Crippen molar-refractivity contribution in [3.63, 3.8) is 0 Å². The van der Waals surface area contributed by atoms with Crippen LogP contribution in [-0.4, -0.2) is 54.6 Å². The van der Waals surface area contributed by atoms with E-state index < -0.39 is 0 Å². The molecule has 0 radical (unpaired) electrons. The number of ether oxygens (including phenoxy) is 1. The fourth-order valence-corrected chi connectivity index (χ4v) is 4.78. The van der Waals surface area contributed by atoms with E-state index in [4.69, 9.17) is 9.15 Å². The summed E-state index contributed by atoms with van der Waals surface area (Å²) in [5, 5.41) is 0. The number of benzene rings is 1. The second-order valence-electron chi connectivity index (χ2n) is 9.03. The van der Waals surface area contributed by atoms with Gasteiger partial charge in [-0.05, 0) is 70.7 Å². The number of carbonyl (C=O) groups is 1. The van der Waals surface area contributed by atoms with Crippen LogP contribution < -0.4 is 0 Å². The highest BCUT2D eigenvalue weighted by molar-refractivity contribution is 5.93. The van der Waals surface area contributed by atoms with Gasteiger partial charge in [-0.1, -0.05) is 18.2 Å². The van der Waals surface area contributed by atoms with Crippen molar-refractivity contribution in [3.8, 4) is 0 Å². The van der Waals surface area contributed by atoms with Crippen LogP contribution in [0.1, 0.15) is 53.1 Å². The molecule has 1 aromatic carbocycles. The quantitative estimate of drug-likeness (QED) is 0.648. The second kappa shape index (κ2) is 9.96. The van der Waals surface area contributed by atoms with Crippen LogP contribution in [0, 0.1) is 25.6 Å². The van der Waals surface area contributed by atoms with Crippen LogP contribution in [0.2, 0.25) is 0 Å². The highest BCUT2D eigenvalue weighted by Gasteiger charge is 2.30. The molecule has 1 amide bonds. The minimum atomic E-state index is -0.137. The Morgan fingerprint density at radius 2 is 1.94 bits per heavy atom. The largest absolute Gasteiger partial charge is 0.456 e. The topological polar surface area (TPSA) is 45.9 Å². The third kappa shape index (κ3) is 5.55. The Hall–Kier alpha value is -2.18. The first kappa shape index (κ1) is 22.0. The molecule has 0 aliphatic carbocycles. The molecule has 0 bridgehead atoms. The van der Waals surface area contributed by atoms with E-state index in [1.807, 2.05) is 36.9 Å². The molecule has 31 heavy (non-hydrogen) atoms. The van der Waals surface area contributed by atoms with E-state index in [2.05, 4.69) is 4.90 Å². The number of piperidine rings is 1. The van der Waals surface area contributed by atoms with Crippen LogP contribution in [0.25, 0.3) is 0 Å². The molecule has 4 rings (SSSR count). The van der Waals surface area contributed by atoms with E-state index in [1.165, 1.54) is 6.07 Å². The highest BCUT2D eigenvalue weighted by atomic mass is 19.1. The predicted molar refractivity (Wildman–Crippen MR) is 117 cm³/mol. The number of hydrogen-bond donors (Lipinski definition) is 0. The van der Waals surface area contributed by atoms with Gasteiger partial charge in [0.05, 0.1) is 6.10 Å². The lowest BCUT2D eigenvalue weighted by Gasteiger charge is -2.35. The van der Waals surface area contributed by atoms with Gasteiger partial charge in [-0.3, -0.25) is 9.69 Å². The van der Waals surface area contributed by atoms with Crippen molar-refractivity contribution < 1.29 is 18.3 Å². The number of likely N-dealkylation sites (tertiary alicyclic amines) is 1. The standard InChI is InChI=1S/C25H33FN2O3/c1-18-14-19(2)31-24(18)25(29)28(17-22-7-5-13-30-22)15-20-9-11-27(12-10-20)16-21-6-3-4-8-23(21)26/h3-4,6,8,14,20,22H,5,7,9-13,15-17H2,1-2H3/t22-/m1/s1. The number of carbonyl (C=O) groups excluding carboxylic acids is 1.